The number of carboxylic acid groups (broad SMARTS) is 1. The molecule has 0 saturated heterocycles. The van der Waals surface area contributed by atoms with E-state index in [1.165, 1.54) is 0 Å². The molecule has 0 aromatic carbocycles. The summed E-state index contributed by atoms with van der Waals surface area (Å²) in [5, 5.41) is 9.64. The van der Waals surface area contributed by atoms with Crippen LogP contribution in [0, 0.1) is 11.8 Å². The summed E-state index contributed by atoms with van der Waals surface area (Å²) in [4.78, 5) is 42.2. The molecule has 0 aliphatic carbocycles. The van der Waals surface area contributed by atoms with Crippen molar-refractivity contribution in [2.45, 2.75) is 71.5 Å². The predicted octanol–water partition coefficient (Wildman–Crippen LogP) is -0.405. The lowest BCUT2D eigenvalue weighted by Crippen LogP contribution is -2.58. The molecule has 0 aromatic heterocycles. The summed E-state index contributed by atoms with van der Waals surface area (Å²) in [5.74, 6) is -2.74. The fraction of sp³-hybridized carbons (Fsp3) is 0.778. The Balaban J connectivity index is 5.55. The first-order valence-electron chi connectivity index (χ1n) is 9.54. The summed E-state index contributed by atoms with van der Waals surface area (Å²) < 4.78 is 0. The highest BCUT2D eigenvalue weighted by Crippen LogP contribution is 2.17. The lowest BCUT2D eigenvalue weighted by atomic mass is 9.98. The fourth-order valence-corrected chi connectivity index (χ4v) is 2.79. The lowest BCUT2D eigenvalue weighted by molar-refractivity contribution is -0.160. The van der Waals surface area contributed by atoms with Gasteiger partial charge in [-0.3, -0.25) is 19.5 Å². The third-order valence-electron chi connectivity index (χ3n) is 4.09. The quantitative estimate of drug-likeness (QED) is 0.166. The number of hydrogen-bond acceptors (Lipinski definition) is 6. The zero-order valence-electron chi connectivity index (χ0n) is 17.3. The number of imide groups is 1. The molecule has 0 rings (SSSR count). The molecule has 0 aromatic rings. The van der Waals surface area contributed by atoms with E-state index in [9.17, 15) is 19.5 Å². The average molecular weight is 401 g/mol. The van der Waals surface area contributed by atoms with Gasteiger partial charge in [0.2, 0.25) is 11.8 Å². The van der Waals surface area contributed by atoms with Gasteiger partial charge in [-0.25, -0.2) is 4.79 Å². The van der Waals surface area contributed by atoms with E-state index in [1.54, 1.807) is 0 Å². The molecule has 9 N–H and O–H groups in total. The number of nitrogens with two attached hydrogens (primary N) is 4. The molecule has 0 spiro atoms. The minimum Gasteiger partial charge on any atom is -0.480 e. The van der Waals surface area contributed by atoms with E-state index in [0.717, 1.165) is 4.90 Å². The molecule has 0 saturated carbocycles. The molecule has 0 aliphatic heterocycles. The number of carbonyl (C=O) groups excluding carboxylic acids is 2. The van der Waals surface area contributed by atoms with Crippen LogP contribution in [0.4, 0.5) is 0 Å². The minimum absolute atomic E-state index is 0.0522. The molecule has 10 nitrogen and oxygen atoms in total. The molecule has 162 valence electrons. The van der Waals surface area contributed by atoms with Crippen molar-refractivity contribution in [3.63, 3.8) is 0 Å². The van der Waals surface area contributed by atoms with Crippen LogP contribution in [-0.4, -0.2) is 58.4 Å². The standard InChI is InChI=1S/C18H36N6O4/c1-10(2)8-13(20)16(26)24(14(17(27)28)9-11(3)4)15(25)12(19)6-5-7-23-18(21)22/h10-14H,5-9,19-20H2,1-4H3,(H,27,28)(H4,21,22,23)/t12-,13-,14-/m0/s1. The molecular formula is C18H36N6O4. The van der Waals surface area contributed by atoms with Gasteiger partial charge >= 0.3 is 5.97 Å². The molecule has 0 unspecified atom stereocenters. The summed E-state index contributed by atoms with van der Waals surface area (Å²) in [6, 6.07) is -3.35. The molecular weight excluding hydrogens is 364 g/mol. The summed E-state index contributed by atoms with van der Waals surface area (Å²) in [6.07, 6.45) is 1.05. The molecule has 28 heavy (non-hydrogen) atoms. The second kappa shape index (κ2) is 12.3. The van der Waals surface area contributed by atoms with Crippen LogP contribution in [0.3, 0.4) is 0 Å². The number of guanidine groups is 1. The van der Waals surface area contributed by atoms with Crippen molar-refractivity contribution in [3.8, 4) is 0 Å². The maximum absolute atomic E-state index is 12.9. The van der Waals surface area contributed by atoms with Gasteiger partial charge in [0, 0.05) is 6.54 Å². The van der Waals surface area contributed by atoms with Crippen molar-refractivity contribution >= 4 is 23.7 Å². The maximum atomic E-state index is 12.9. The number of aliphatic imine (C=N–C) groups is 1. The average Bonchev–Trinajstić information content (AvgIpc) is 2.56. The Morgan fingerprint density at radius 1 is 0.929 bits per heavy atom. The Hall–Kier alpha value is -2.20. The molecule has 0 aliphatic rings. The zero-order chi connectivity index (χ0) is 22.0. The number of hydrogen-bond donors (Lipinski definition) is 5. The van der Waals surface area contributed by atoms with Crippen molar-refractivity contribution in [1.29, 1.82) is 0 Å². The van der Waals surface area contributed by atoms with Gasteiger partial charge in [0.1, 0.15) is 6.04 Å². The third kappa shape index (κ3) is 9.14. The van der Waals surface area contributed by atoms with Gasteiger partial charge in [-0.1, -0.05) is 27.7 Å². The maximum Gasteiger partial charge on any atom is 0.326 e. The SMILES string of the molecule is CC(C)C[C@H](N)C(=O)N(C(=O)[C@@H](N)CCCN=C(N)N)[C@@H](CC(C)C)C(=O)O. The Morgan fingerprint density at radius 2 is 1.43 bits per heavy atom. The number of carbonyl (C=O) groups is 3. The molecule has 0 heterocycles. The summed E-state index contributed by atoms with van der Waals surface area (Å²) in [7, 11) is 0. The van der Waals surface area contributed by atoms with Gasteiger partial charge in [-0.05, 0) is 37.5 Å². The van der Waals surface area contributed by atoms with E-state index in [4.69, 9.17) is 22.9 Å². The van der Waals surface area contributed by atoms with Gasteiger partial charge in [-0.15, -0.1) is 0 Å². The van der Waals surface area contributed by atoms with E-state index in [-0.39, 0.29) is 37.2 Å². The van der Waals surface area contributed by atoms with E-state index in [2.05, 4.69) is 4.99 Å². The normalized spacial score (nSPS) is 14.4. The minimum atomic E-state index is -1.32. The predicted molar refractivity (Wildman–Crippen MR) is 108 cm³/mol. The first-order chi connectivity index (χ1) is 12.9. The largest absolute Gasteiger partial charge is 0.480 e. The smallest absolute Gasteiger partial charge is 0.326 e. The van der Waals surface area contributed by atoms with Crippen LogP contribution in [0.15, 0.2) is 4.99 Å². The van der Waals surface area contributed by atoms with E-state index >= 15 is 0 Å². The van der Waals surface area contributed by atoms with Crippen LogP contribution < -0.4 is 22.9 Å². The van der Waals surface area contributed by atoms with Gasteiger partial charge in [0.05, 0.1) is 12.1 Å². The van der Waals surface area contributed by atoms with E-state index < -0.39 is 35.9 Å². The van der Waals surface area contributed by atoms with Crippen molar-refractivity contribution in [1.82, 2.24) is 4.90 Å². The first kappa shape index (κ1) is 25.8. The topological polar surface area (TPSA) is 191 Å². The van der Waals surface area contributed by atoms with Gasteiger partial charge in [-0.2, -0.15) is 0 Å². The molecule has 0 bridgehead atoms. The third-order valence-corrected chi connectivity index (χ3v) is 4.09. The highest BCUT2D eigenvalue weighted by Gasteiger charge is 2.39. The second-order valence-electron chi connectivity index (χ2n) is 7.82. The monoisotopic (exact) mass is 400 g/mol. The van der Waals surface area contributed by atoms with Crippen LogP contribution in [0.2, 0.25) is 0 Å². The van der Waals surface area contributed by atoms with Crippen molar-refractivity contribution in [3.05, 3.63) is 0 Å². The number of carboxylic acids is 1. The van der Waals surface area contributed by atoms with Crippen LogP contribution in [0.5, 0.6) is 0 Å². The van der Waals surface area contributed by atoms with Crippen molar-refractivity contribution in [2.24, 2.45) is 39.8 Å². The molecule has 3 atom stereocenters. The molecule has 2 amide bonds. The number of nitrogens with zero attached hydrogens (tertiary/aromatic N) is 2. The summed E-state index contributed by atoms with van der Waals surface area (Å²) in [5.41, 5.74) is 22.4. The lowest BCUT2D eigenvalue weighted by Gasteiger charge is -2.32. The zero-order valence-corrected chi connectivity index (χ0v) is 17.3. The Labute approximate surface area is 166 Å². The number of amides is 2. The van der Waals surface area contributed by atoms with Crippen LogP contribution in [0.25, 0.3) is 0 Å². The summed E-state index contributed by atoms with van der Waals surface area (Å²) in [6.45, 7) is 7.67. The molecule has 0 radical (unpaired) electrons. The highest BCUT2D eigenvalue weighted by atomic mass is 16.4. The summed E-state index contributed by atoms with van der Waals surface area (Å²) >= 11 is 0. The highest BCUT2D eigenvalue weighted by molar-refractivity contribution is 6.03. The molecule has 0 fully saturated rings. The number of aliphatic carboxylic acids is 1. The van der Waals surface area contributed by atoms with Crippen LogP contribution >= 0.6 is 0 Å². The Morgan fingerprint density at radius 3 is 1.86 bits per heavy atom. The van der Waals surface area contributed by atoms with Crippen molar-refractivity contribution in [2.75, 3.05) is 6.54 Å². The second-order valence-corrected chi connectivity index (χ2v) is 7.82. The van der Waals surface area contributed by atoms with Crippen molar-refractivity contribution < 1.29 is 19.5 Å². The van der Waals surface area contributed by atoms with Gasteiger partial charge in [0.25, 0.3) is 0 Å². The van der Waals surface area contributed by atoms with E-state index in [1.807, 2.05) is 27.7 Å². The Kier molecular flexibility index (Phi) is 11.3. The fourth-order valence-electron chi connectivity index (χ4n) is 2.79. The van der Waals surface area contributed by atoms with Gasteiger partial charge in [0.15, 0.2) is 5.96 Å². The van der Waals surface area contributed by atoms with E-state index in [0.29, 0.717) is 12.8 Å². The van der Waals surface area contributed by atoms with Gasteiger partial charge < -0.3 is 28.0 Å². The first-order valence-corrected chi connectivity index (χ1v) is 9.54. The van der Waals surface area contributed by atoms with Crippen LogP contribution in [0.1, 0.15) is 53.4 Å². The van der Waals surface area contributed by atoms with Crippen LogP contribution in [-0.2, 0) is 14.4 Å². The molecule has 10 heteroatoms. The Bertz CT molecular complexity index is 560. The number of rotatable bonds is 12.